The Morgan fingerprint density at radius 1 is 0.364 bits per heavy atom. The van der Waals surface area contributed by atoms with Crippen molar-refractivity contribution in [1.29, 1.82) is 0 Å². The van der Waals surface area contributed by atoms with E-state index in [2.05, 4.69) is 23.3 Å². The summed E-state index contributed by atoms with van der Waals surface area (Å²) in [5.41, 5.74) is -0.470. The molecule has 0 aromatic carbocycles. The third-order valence-corrected chi connectivity index (χ3v) is 5.45. The first-order valence-electron chi connectivity index (χ1n) is 14.1. The summed E-state index contributed by atoms with van der Waals surface area (Å²) >= 11 is 0. The van der Waals surface area contributed by atoms with Gasteiger partial charge in [-0.1, -0.05) is 71.2 Å². The lowest BCUT2D eigenvalue weighted by molar-refractivity contribution is -0.302. The molecule has 2 N–H and O–H groups in total. The molecule has 0 saturated heterocycles. The zero-order valence-corrected chi connectivity index (χ0v) is 28.1. The molecule has 24 heteroatoms. The van der Waals surface area contributed by atoms with E-state index in [-0.39, 0.29) is 59.2 Å². The predicted octanol–water partition coefficient (Wildman–Crippen LogP) is 10.8. The van der Waals surface area contributed by atoms with Crippen LogP contribution in [0.1, 0.15) is 71.2 Å². The average Bonchev–Trinajstić information content (AvgIpc) is 2.91. The Morgan fingerprint density at radius 2 is 0.564 bits per heavy atom. The highest BCUT2D eigenvalue weighted by atomic mass is 19.4. The average molecular weight is 869 g/mol. The lowest BCUT2D eigenvalue weighted by atomic mass is 9.94. The molecule has 0 aromatic heterocycles. The number of halogens is 18. The van der Waals surface area contributed by atoms with Crippen molar-refractivity contribution in [2.45, 2.75) is 120 Å². The second-order valence-electron chi connectivity index (χ2n) is 13.3. The van der Waals surface area contributed by atoms with E-state index >= 15 is 0 Å². The number of ether oxygens (including phenoxy) is 4. The SMILES string of the molecule is C.C.C.C.CC(C)(CO)COCC(C)(C)COCC(C)(C)CO.FC(F)C(F)(F)COCC(F)(F)C(F)(F)F.FC(F)C(F)(F)COCC(F)(F)C(F)(F)F. The lowest BCUT2D eigenvalue weighted by Gasteiger charge is -2.29. The monoisotopic (exact) mass is 868 g/mol. The van der Waals surface area contributed by atoms with Crippen molar-refractivity contribution in [3.63, 3.8) is 0 Å². The number of alkyl halides is 18. The fourth-order valence-electron chi connectivity index (χ4n) is 2.26. The molecule has 0 fully saturated rings. The molecule has 0 spiro atoms. The first-order valence-corrected chi connectivity index (χ1v) is 14.1. The zero-order chi connectivity index (χ0) is 41.6. The Kier molecular flexibility index (Phi) is 32.8. The second kappa shape index (κ2) is 26.5. The molecule has 0 aliphatic carbocycles. The molecule has 0 aromatic rings. The van der Waals surface area contributed by atoms with Crippen LogP contribution in [0.25, 0.3) is 0 Å². The van der Waals surface area contributed by atoms with Crippen LogP contribution < -0.4 is 0 Å². The van der Waals surface area contributed by atoms with Crippen LogP contribution in [0.15, 0.2) is 0 Å². The molecular weight excluding hydrogens is 810 g/mol. The van der Waals surface area contributed by atoms with Crippen LogP contribution in [0, 0.1) is 16.2 Å². The minimum absolute atomic E-state index is 0. The highest BCUT2D eigenvalue weighted by Gasteiger charge is 2.59. The van der Waals surface area contributed by atoms with E-state index in [4.69, 9.17) is 19.7 Å². The summed E-state index contributed by atoms with van der Waals surface area (Å²) in [6, 6.07) is 0. The summed E-state index contributed by atoms with van der Waals surface area (Å²) < 4.78 is 228. The largest absolute Gasteiger partial charge is 0.455 e. The quantitative estimate of drug-likeness (QED) is 0.119. The number of rotatable bonds is 20. The summed E-state index contributed by atoms with van der Waals surface area (Å²) in [5.74, 6) is -20.2. The second-order valence-corrected chi connectivity index (χ2v) is 13.3. The van der Waals surface area contributed by atoms with E-state index in [9.17, 15) is 79.0 Å². The number of hydrogen-bond donors (Lipinski definition) is 2. The Balaban J connectivity index is -0.000000122. The van der Waals surface area contributed by atoms with E-state index in [1.165, 1.54) is 0 Å². The molecule has 0 radical (unpaired) electrons. The van der Waals surface area contributed by atoms with Gasteiger partial charge in [0.05, 0.1) is 39.6 Å². The molecule has 0 heterocycles. The molecule has 0 saturated carbocycles. The fraction of sp³-hybridized carbons (Fsp3) is 1.00. The normalized spacial score (nSPS) is 13.3. The highest BCUT2D eigenvalue weighted by Crippen LogP contribution is 2.37. The van der Waals surface area contributed by atoms with Crippen LogP contribution >= 0.6 is 0 Å². The first-order chi connectivity index (χ1) is 22.3. The maximum absolute atomic E-state index is 12.0. The van der Waals surface area contributed by atoms with E-state index in [1.54, 1.807) is 0 Å². The van der Waals surface area contributed by atoms with Crippen molar-refractivity contribution < 1.29 is 108 Å². The van der Waals surface area contributed by atoms with Gasteiger partial charge in [0.25, 0.3) is 0 Å². The Morgan fingerprint density at radius 3 is 0.745 bits per heavy atom. The smallest absolute Gasteiger partial charge is 0.396 e. The zero-order valence-electron chi connectivity index (χ0n) is 28.1. The van der Waals surface area contributed by atoms with Crippen molar-refractivity contribution in [2.75, 3.05) is 66.1 Å². The molecule has 344 valence electrons. The molecule has 0 amide bonds. The summed E-state index contributed by atoms with van der Waals surface area (Å²) in [6.07, 6.45) is -20.4. The summed E-state index contributed by atoms with van der Waals surface area (Å²) in [4.78, 5) is 0. The van der Waals surface area contributed by atoms with Crippen LogP contribution in [0.4, 0.5) is 79.0 Å². The van der Waals surface area contributed by atoms with E-state index < -0.39 is 75.3 Å². The Labute approximate surface area is 311 Å². The number of hydrogen-bond acceptors (Lipinski definition) is 6. The summed E-state index contributed by atoms with van der Waals surface area (Å²) in [6.45, 7) is 5.28. The van der Waals surface area contributed by atoms with Crippen LogP contribution in [0.2, 0.25) is 0 Å². The fourth-order valence-corrected chi connectivity index (χ4v) is 2.26. The van der Waals surface area contributed by atoms with E-state index in [0.717, 1.165) is 0 Å². The topological polar surface area (TPSA) is 77.4 Å². The third kappa shape index (κ3) is 30.3. The molecule has 0 atom stereocenters. The van der Waals surface area contributed by atoms with Gasteiger partial charge in [-0.25, -0.2) is 17.6 Å². The van der Waals surface area contributed by atoms with Crippen LogP contribution in [0.3, 0.4) is 0 Å². The Hall–Kier alpha value is -1.50. The lowest BCUT2D eigenvalue weighted by Crippen LogP contribution is -2.42. The van der Waals surface area contributed by atoms with Crippen LogP contribution in [-0.2, 0) is 18.9 Å². The van der Waals surface area contributed by atoms with Gasteiger partial charge < -0.3 is 29.2 Å². The standard InChI is InChI=1S/C15H32O4.2C6H5F9O.4CH4/c1-13(2,7-16)9-18-11-15(5,6)12-19-10-14(3,4)8-17;2*7-3(8)4(9,10)1-16-2-5(11,12)6(13,14)15;;;;/h16-17H,7-12H2,1-6H3;2*3H,1-2H2;4*1H4. The van der Waals surface area contributed by atoms with Gasteiger partial charge in [0, 0.05) is 16.2 Å². The maximum Gasteiger partial charge on any atom is 0.455 e. The van der Waals surface area contributed by atoms with E-state index in [1.807, 2.05) is 27.7 Å². The van der Waals surface area contributed by atoms with Crippen LogP contribution in [-0.4, -0.2) is 125 Å². The van der Waals surface area contributed by atoms with Crippen LogP contribution in [0.5, 0.6) is 0 Å². The third-order valence-electron chi connectivity index (χ3n) is 5.45. The number of aliphatic hydroxyl groups excluding tert-OH is 2. The molecule has 0 unspecified atom stereocenters. The van der Waals surface area contributed by atoms with E-state index in [0.29, 0.717) is 26.4 Å². The van der Waals surface area contributed by atoms with Gasteiger partial charge in [-0.3, -0.25) is 0 Å². The van der Waals surface area contributed by atoms with Gasteiger partial charge in [0.2, 0.25) is 0 Å². The summed E-state index contributed by atoms with van der Waals surface area (Å²) in [5, 5.41) is 18.3. The van der Waals surface area contributed by atoms with Crippen molar-refractivity contribution in [2.24, 2.45) is 16.2 Å². The van der Waals surface area contributed by atoms with Gasteiger partial charge in [-0.05, 0) is 0 Å². The molecular formula is C31H58F18O6. The molecule has 6 nitrogen and oxygen atoms in total. The highest BCUT2D eigenvalue weighted by molar-refractivity contribution is 4.78. The molecule has 0 bridgehead atoms. The minimum atomic E-state index is -5.98. The van der Waals surface area contributed by atoms with Crippen molar-refractivity contribution in [1.82, 2.24) is 0 Å². The van der Waals surface area contributed by atoms with Gasteiger partial charge in [-0.2, -0.15) is 61.5 Å². The first kappa shape index (κ1) is 68.2. The molecule has 55 heavy (non-hydrogen) atoms. The number of aliphatic hydroxyl groups is 2. The molecule has 0 aliphatic heterocycles. The van der Waals surface area contributed by atoms with Gasteiger partial charge >= 0.3 is 48.9 Å². The van der Waals surface area contributed by atoms with Gasteiger partial charge in [0.1, 0.15) is 26.4 Å². The van der Waals surface area contributed by atoms with Crippen molar-refractivity contribution in [3.05, 3.63) is 0 Å². The minimum Gasteiger partial charge on any atom is -0.396 e. The maximum atomic E-state index is 12.0. The molecule has 0 aliphatic rings. The Bertz CT molecular complexity index is 870. The van der Waals surface area contributed by atoms with Gasteiger partial charge in [-0.15, -0.1) is 0 Å². The predicted molar refractivity (Wildman–Crippen MR) is 170 cm³/mol. The van der Waals surface area contributed by atoms with Crippen molar-refractivity contribution in [3.8, 4) is 0 Å². The van der Waals surface area contributed by atoms with Crippen molar-refractivity contribution >= 4 is 0 Å². The molecule has 0 rings (SSSR count). The summed E-state index contributed by atoms with van der Waals surface area (Å²) in [7, 11) is 0. The van der Waals surface area contributed by atoms with Gasteiger partial charge in [0.15, 0.2) is 0 Å².